The van der Waals surface area contributed by atoms with Gasteiger partial charge in [-0.25, -0.2) is 0 Å². The van der Waals surface area contributed by atoms with Crippen molar-refractivity contribution in [2.75, 3.05) is 4.90 Å². The molecule has 9 aromatic rings. The average molecular weight is 864 g/mol. The number of nitrogens with zero attached hydrogens (tertiary/aromatic N) is 1. The average Bonchev–Trinajstić information content (AvgIpc) is 3.88. The summed E-state index contributed by atoms with van der Waals surface area (Å²) in [4.78, 5) is 2.07. The van der Waals surface area contributed by atoms with Crippen molar-refractivity contribution >= 4 is 17.1 Å². The van der Waals surface area contributed by atoms with Crippen LogP contribution < -0.4 is 4.90 Å². The summed E-state index contributed by atoms with van der Waals surface area (Å²) in [5, 5.41) is 0. The van der Waals surface area contributed by atoms with Gasteiger partial charge in [-0.2, -0.15) is 0 Å². The minimum absolute atomic E-state index is 0.0130. The van der Waals surface area contributed by atoms with Gasteiger partial charge in [0.15, 0.2) is 0 Å². The molecule has 9 aromatic carbocycles. The Bertz CT molecular complexity index is 3240. The third-order valence-corrected chi connectivity index (χ3v) is 16.8. The van der Waals surface area contributed by atoms with Gasteiger partial charge in [-0.05, 0) is 170 Å². The summed E-state index contributed by atoms with van der Waals surface area (Å²) in [5.41, 5.74) is 14.6. The van der Waals surface area contributed by atoms with Crippen LogP contribution >= 0.6 is 0 Å². The second-order valence-corrected chi connectivity index (χ2v) is 20.3. The first-order chi connectivity index (χ1) is 34.8. The van der Waals surface area contributed by atoms with E-state index >= 15 is 0 Å². The predicted molar refractivity (Wildman–Crippen MR) is 276 cm³/mol. The smallest absolute Gasteiger partial charge is 0.0714 e. The van der Waals surface area contributed by atoms with Crippen LogP contribution in [0.1, 0.15) is 94.1 Å². The van der Waals surface area contributed by atoms with E-state index in [4.69, 9.17) is 0 Å². The molecule has 0 spiro atoms. The number of hydrogen-bond acceptors (Lipinski definition) is 1. The fourth-order valence-electron chi connectivity index (χ4n) is 14.6. The number of fused-ring (bicyclic) bond motifs is 6. The Morgan fingerprint density at radius 1 is 0.328 bits per heavy atom. The summed E-state index contributed by atoms with van der Waals surface area (Å²) in [5.74, 6) is 1.78. The number of benzene rings is 9. The molecule has 0 heterocycles. The van der Waals surface area contributed by atoms with E-state index in [1.165, 1.54) is 41.5 Å². The van der Waals surface area contributed by atoms with E-state index in [1.54, 1.807) is 0 Å². The molecular weight excluding hydrogens is 807 g/mol. The quantitative estimate of drug-likeness (QED) is 0.147. The van der Waals surface area contributed by atoms with Crippen molar-refractivity contribution in [3.8, 4) is 22.3 Å². The van der Waals surface area contributed by atoms with Gasteiger partial charge >= 0.3 is 0 Å². The van der Waals surface area contributed by atoms with Crippen molar-refractivity contribution in [1.29, 1.82) is 0 Å². The maximum absolute atomic E-state index is 10.3. The highest BCUT2D eigenvalue weighted by molar-refractivity contribution is 5.92. The van der Waals surface area contributed by atoms with Crippen LogP contribution in [0.25, 0.3) is 22.3 Å². The molecule has 6 aliphatic carbocycles. The van der Waals surface area contributed by atoms with Gasteiger partial charge in [0.25, 0.3) is 0 Å². The summed E-state index contributed by atoms with van der Waals surface area (Å²) < 4.78 is 40.8. The predicted octanol–water partition coefficient (Wildman–Crippen LogP) is 16.4. The number of anilines is 3. The highest BCUT2D eigenvalue weighted by atomic mass is 15.1. The summed E-state index contributed by atoms with van der Waals surface area (Å²) in [6.07, 6.45) is 6.57. The first-order valence-corrected chi connectivity index (χ1v) is 24.4. The van der Waals surface area contributed by atoms with Crippen LogP contribution in [0.4, 0.5) is 17.1 Å². The topological polar surface area (TPSA) is 3.24 Å². The maximum Gasteiger partial charge on any atom is 0.0714 e. The van der Waals surface area contributed by atoms with E-state index in [9.17, 15) is 5.48 Å². The molecule has 0 unspecified atom stereocenters. The van der Waals surface area contributed by atoms with Gasteiger partial charge in [0.05, 0.1) is 16.3 Å². The molecular formula is C66H53N. The SMILES string of the molecule is [2H]c1c([2H])c(C23CC4CC(CC(C4)C2)C3)c([2H])c([2H])c1N(c1ccc2c(c1)C(c1ccccc1)(c1ccccc1)c1ccccc1-2)c1ccc2c(c1)C(c1ccccc1)(c1ccccc1)c1ccccc1-2. The molecule has 6 aliphatic rings. The lowest BCUT2D eigenvalue weighted by molar-refractivity contribution is -0.00518. The van der Waals surface area contributed by atoms with E-state index in [1.807, 2.05) is 0 Å². The first-order valence-electron chi connectivity index (χ1n) is 26.4. The van der Waals surface area contributed by atoms with Crippen molar-refractivity contribution in [3.05, 3.63) is 280 Å². The minimum atomic E-state index is -0.692. The van der Waals surface area contributed by atoms with Crippen LogP contribution in [-0.4, -0.2) is 0 Å². The third-order valence-electron chi connectivity index (χ3n) is 16.8. The summed E-state index contributed by atoms with van der Waals surface area (Å²) in [6.45, 7) is 0. The maximum atomic E-state index is 10.3. The van der Waals surface area contributed by atoms with Gasteiger partial charge in [-0.15, -0.1) is 0 Å². The standard InChI is InChI=1S/C66H53N/c1-5-17-49(18-6-1)65(50-19-7-2-8-20-50)60-27-15-13-25-56(60)58-35-33-54(40-62(58)65)67(53-31-29-48(30-32-53)64-42-45-37-46(43-64)39-47(38-45)44-64)55-34-36-59-57-26-14-16-28-61(57)66(63(59)41-55,51-21-9-3-10-22-51)52-23-11-4-12-24-52/h1-36,40-41,45-47H,37-39,42-44H2/i29D,30D,31D,32D. The van der Waals surface area contributed by atoms with Crippen molar-refractivity contribution in [3.63, 3.8) is 0 Å². The second kappa shape index (κ2) is 14.9. The van der Waals surface area contributed by atoms with Gasteiger partial charge in [0, 0.05) is 17.1 Å². The van der Waals surface area contributed by atoms with Crippen molar-refractivity contribution in [1.82, 2.24) is 0 Å². The van der Waals surface area contributed by atoms with Gasteiger partial charge in [0.2, 0.25) is 0 Å². The lowest BCUT2D eigenvalue weighted by atomic mass is 9.48. The molecule has 4 saturated carbocycles. The Balaban J connectivity index is 1.06. The normalized spacial score (nSPS) is 22.7. The summed E-state index contributed by atoms with van der Waals surface area (Å²) in [6, 6.07) is 74.3. The van der Waals surface area contributed by atoms with Crippen molar-refractivity contribution < 1.29 is 5.48 Å². The van der Waals surface area contributed by atoms with Gasteiger partial charge in [-0.3, -0.25) is 0 Å². The monoisotopic (exact) mass is 863 g/mol. The van der Waals surface area contributed by atoms with E-state index in [2.05, 4.69) is 211 Å². The van der Waals surface area contributed by atoms with Gasteiger partial charge in [-0.1, -0.05) is 194 Å². The van der Waals surface area contributed by atoms with E-state index in [0.29, 0.717) is 23.3 Å². The first kappa shape index (κ1) is 35.0. The largest absolute Gasteiger partial charge is 0.310 e. The Hall–Kier alpha value is -7.22. The van der Waals surface area contributed by atoms with Crippen LogP contribution in [0.2, 0.25) is 0 Å². The summed E-state index contributed by atoms with van der Waals surface area (Å²) >= 11 is 0. The molecule has 0 amide bonds. The Labute approximate surface area is 401 Å². The fourth-order valence-corrected chi connectivity index (χ4v) is 14.6. The molecule has 0 saturated heterocycles. The second-order valence-electron chi connectivity index (χ2n) is 20.3. The molecule has 0 radical (unpaired) electrons. The Kier molecular flexibility index (Phi) is 7.79. The highest BCUT2D eigenvalue weighted by Crippen LogP contribution is 2.62. The Morgan fingerprint density at radius 3 is 1.06 bits per heavy atom. The summed E-state index contributed by atoms with van der Waals surface area (Å²) in [7, 11) is 0. The highest BCUT2D eigenvalue weighted by Gasteiger charge is 2.52. The number of rotatable bonds is 8. The molecule has 0 atom stereocenters. The lowest BCUT2D eigenvalue weighted by Gasteiger charge is -2.57. The van der Waals surface area contributed by atoms with Gasteiger partial charge < -0.3 is 4.90 Å². The third kappa shape index (κ3) is 5.61. The molecule has 15 rings (SSSR count). The molecule has 67 heavy (non-hydrogen) atoms. The van der Waals surface area contributed by atoms with E-state index in [0.717, 1.165) is 75.1 Å². The Morgan fingerprint density at radius 2 is 0.672 bits per heavy atom. The van der Waals surface area contributed by atoms with E-state index in [-0.39, 0.29) is 35.3 Å². The minimum Gasteiger partial charge on any atom is -0.310 e. The van der Waals surface area contributed by atoms with Crippen LogP contribution in [0, 0.1) is 17.8 Å². The zero-order valence-corrected chi connectivity index (χ0v) is 37.6. The van der Waals surface area contributed by atoms with Crippen LogP contribution in [-0.2, 0) is 16.2 Å². The van der Waals surface area contributed by atoms with Crippen LogP contribution in [0.5, 0.6) is 0 Å². The van der Waals surface area contributed by atoms with Gasteiger partial charge in [0.1, 0.15) is 0 Å². The number of hydrogen-bond donors (Lipinski definition) is 0. The van der Waals surface area contributed by atoms with Crippen molar-refractivity contribution in [2.24, 2.45) is 17.8 Å². The van der Waals surface area contributed by atoms with Crippen LogP contribution in [0.15, 0.2) is 230 Å². The molecule has 0 aromatic heterocycles. The van der Waals surface area contributed by atoms with E-state index < -0.39 is 10.8 Å². The molecule has 4 bridgehead atoms. The molecule has 4 fully saturated rings. The molecule has 0 N–H and O–H groups in total. The zero-order chi connectivity index (χ0) is 47.6. The lowest BCUT2D eigenvalue weighted by Crippen LogP contribution is -2.48. The molecule has 322 valence electrons. The molecule has 1 heteroatoms. The fraction of sp³-hybridized carbons (Fsp3) is 0.182. The van der Waals surface area contributed by atoms with Crippen molar-refractivity contribution in [2.45, 2.75) is 54.8 Å². The zero-order valence-electron chi connectivity index (χ0n) is 41.6. The molecule has 1 nitrogen and oxygen atoms in total. The molecule has 0 aliphatic heterocycles. The van der Waals surface area contributed by atoms with Crippen LogP contribution in [0.3, 0.4) is 0 Å².